The van der Waals surface area contributed by atoms with Crippen molar-refractivity contribution < 1.29 is 13.2 Å². The molecule has 0 radical (unpaired) electrons. The molecule has 3 aromatic carbocycles. The van der Waals surface area contributed by atoms with Crippen LogP contribution in [0.15, 0.2) is 81.0 Å². The molecule has 0 unspecified atom stereocenters. The third-order valence-corrected chi connectivity index (χ3v) is 6.67. The van der Waals surface area contributed by atoms with Gasteiger partial charge in [0.1, 0.15) is 0 Å². The number of para-hydroxylation sites is 1. The molecule has 1 amide bonds. The number of hydrogen-bond acceptors (Lipinski definition) is 4. The Morgan fingerprint density at radius 1 is 0.889 bits per heavy atom. The summed E-state index contributed by atoms with van der Waals surface area (Å²) in [6.07, 6.45) is 0. The molecular formula is C20H13BrN2O3S. The minimum absolute atomic E-state index is 0.00868. The molecule has 0 atom stereocenters. The van der Waals surface area contributed by atoms with Gasteiger partial charge in [0.05, 0.1) is 26.4 Å². The Labute approximate surface area is 163 Å². The van der Waals surface area contributed by atoms with Crippen LogP contribution in [0.5, 0.6) is 0 Å². The van der Waals surface area contributed by atoms with Crippen LogP contribution in [0, 0.1) is 0 Å². The lowest BCUT2D eigenvalue weighted by molar-refractivity contribution is 0.100. The van der Waals surface area contributed by atoms with Gasteiger partial charge in [-0.15, -0.1) is 0 Å². The molecule has 5 nitrogen and oxygen atoms in total. The molecule has 134 valence electrons. The van der Waals surface area contributed by atoms with Crippen LogP contribution >= 0.6 is 15.9 Å². The number of rotatable bonds is 3. The Morgan fingerprint density at radius 3 is 2.26 bits per heavy atom. The molecule has 0 aliphatic rings. The molecule has 0 saturated heterocycles. The number of halogens is 1. The summed E-state index contributed by atoms with van der Waals surface area (Å²) >= 11 is 3.30. The highest BCUT2D eigenvalue weighted by molar-refractivity contribution is 9.10. The van der Waals surface area contributed by atoms with Crippen LogP contribution in [0.2, 0.25) is 0 Å². The van der Waals surface area contributed by atoms with Crippen LogP contribution in [-0.4, -0.2) is 19.3 Å². The minimum Gasteiger partial charge on any atom is -0.366 e. The van der Waals surface area contributed by atoms with Crippen LogP contribution in [0.1, 0.15) is 10.4 Å². The van der Waals surface area contributed by atoms with Crippen molar-refractivity contribution in [2.75, 3.05) is 0 Å². The van der Waals surface area contributed by atoms with Crippen molar-refractivity contribution >= 4 is 53.5 Å². The molecule has 0 saturated carbocycles. The summed E-state index contributed by atoms with van der Waals surface area (Å²) < 4.78 is 27.3. The summed E-state index contributed by atoms with van der Waals surface area (Å²) in [6.45, 7) is 0. The highest BCUT2D eigenvalue weighted by Crippen LogP contribution is 2.33. The van der Waals surface area contributed by atoms with Crippen molar-refractivity contribution in [3.8, 4) is 0 Å². The Bertz CT molecular complexity index is 1320. The molecule has 7 heteroatoms. The van der Waals surface area contributed by atoms with Crippen LogP contribution in [0.4, 0.5) is 0 Å². The second-order valence-electron chi connectivity index (χ2n) is 5.98. The number of pyridine rings is 1. The second kappa shape index (κ2) is 6.44. The van der Waals surface area contributed by atoms with E-state index in [1.54, 1.807) is 48.5 Å². The third kappa shape index (κ3) is 2.89. The summed E-state index contributed by atoms with van der Waals surface area (Å²) in [5, 5.41) is 0.766. The zero-order valence-corrected chi connectivity index (χ0v) is 16.3. The van der Waals surface area contributed by atoms with E-state index in [-0.39, 0.29) is 20.7 Å². The van der Waals surface area contributed by atoms with Gasteiger partial charge in [0.25, 0.3) is 0 Å². The number of hydrogen-bond donors (Lipinski definition) is 1. The van der Waals surface area contributed by atoms with Gasteiger partial charge in [0, 0.05) is 15.2 Å². The zero-order valence-electron chi connectivity index (χ0n) is 13.9. The van der Waals surface area contributed by atoms with E-state index in [1.165, 1.54) is 18.2 Å². The Morgan fingerprint density at radius 2 is 1.56 bits per heavy atom. The number of benzene rings is 3. The van der Waals surface area contributed by atoms with E-state index in [9.17, 15) is 13.2 Å². The first-order chi connectivity index (χ1) is 12.9. The lowest BCUT2D eigenvalue weighted by Crippen LogP contribution is -2.14. The second-order valence-corrected chi connectivity index (χ2v) is 8.81. The van der Waals surface area contributed by atoms with Crippen molar-refractivity contribution in [1.29, 1.82) is 0 Å². The quantitative estimate of drug-likeness (QED) is 0.485. The van der Waals surface area contributed by atoms with Gasteiger partial charge in [-0.05, 0) is 42.5 Å². The van der Waals surface area contributed by atoms with E-state index in [1.807, 2.05) is 0 Å². The highest BCUT2D eigenvalue weighted by Gasteiger charge is 2.25. The molecule has 0 aliphatic heterocycles. The smallest absolute Gasteiger partial charge is 0.250 e. The van der Waals surface area contributed by atoms with Crippen molar-refractivity contribution in [3.05, 3.63) is 76.8 Å². The molecule has 4 rings (SSSR count). The van der Waals surface area contributed by atoms with Gasteiger partial charge >= 0.3 is 0 Å². The predicted octanol–water partition coefficient (Wildman–Crippen LogP) is 4.08. The Balaban J connectivity index is 2.15. The molecule has 0 aliphatic carbocycles. The summed E-state index contributed by atoms with van der Waals surface area (Å²) in [5.74, 6) is -0.697. The van der Waals surface area contributed by atoms with E-state index in [0.29, 0.717) is 16.4 Å². The van der Waals surface area contributed by atoms with Gasteiger partial charge in [-0.3, -0.25) is 4.79 Å². The highest BCUT2D eigenvalue weighted by atomic mass is 79.9. The molecule has 0 spiro atoms. The summed E-state index contributed by atoms with van der Waals surface area (Å²) in [4.78, 5) is 16.9. The topological polar surface area (TPSA) is 90.1 Å². The molecule has 27 heavy (non-hydrogen) atoms. The number of fused-ring (bicyclic) bond motifs is 2. The fraction of sp³-hybridized carbons (Fsp3) is 0. The molecule has 2 N–H and O–H groups in total. The van der Waals surface area contributed by atoms with Gasteiger partial charge in [-0.25, -0.2) is 13.4 Å². The van der Waals surface area contributed by atoms with E-state index in [2.05, 4.69) is 20.9 Å². The average molecular weight is 441 g/mol. The number of carbonyl (C=O) groups excluding carboxylic acids is 1. The fourth-order valence-electron chi connectivity index (χ4n) is 3.13. The molecule has 1 heterocycles. The Kier molecular flexibility index (Phi) is 4.20. The predicted molar refractivity (Wildman–Crippen MR) is 107 cm³/mol. The minimum atomic E-state index is -3.88. The number of carbonyl (C=O) groups is 1. The number of nitrogens with two attached hydrogens (primary N) is 1. The van der Waals surface area contributed by atoms with Crippen LogP contribution in [0.25, 0.3) is 21.8 Å². The number of nitrogens with zero attached hydrogens (tertiary/aromatic N) is 1. The third-order valence-electron chi connectivity index (χ3n) is 4.33. The van der Waals surface area contributed by atoms with E-state index < -0.39 is 15.7 Å². The van der Waals surface area contributed by atoms with Gasteiger partial charge in [-0.1, -0.05) is 40.2 Å². The van der Waals surface area contributed by atoms with Crippen molar-refractivity contribution in [3.63, 3.8) is 0 Å². The van der Waals surface area contributed by atoms with E-state index in [4.69, 9.17) is 5.73 Å². The standard InChI is InChI=1S/C20H13BrN2O3S/c21-12-8-10-13(11-9-12)27(25,26)17-7-3-6-16-19(17)18(20(22)24)14-4-1-2-5-15(14)23-16/h1-11H,(H2,22,24). The van der Waals surface area contributed by atoms with Crippen molar-refractivity contribution in [2.45, 2.75) is 9.79 Å². The van der Waals surface area contributed by atoms with Crippen molar-refractivity contribution in [2.24, 2.45) is 5.73 Å². The average Bonchev–Trinajstić information content (AvgIpc) is 2.65. The zero-order chi connectivity index (χ0) is 19.2. The maximum absolute atomic E-state index is 13.3. The van der Waals surface area contributed by atoms with Gasteiger partial charge < -0.3 is 5.73 Å². The lowest BCUT2D eigenvalue weighted by atomic mass is 10.0. The maximum Gasteiger partial charge on any atom is 0.250 e. The molecule has 1 aromatic heterocycles. The first-order valence-corrected chi connectivity index (χ1v) is 10.3. The maximum atomic E-state index is 13.3. The van der Waals surface area contributed by atoms with Gasteiger partial charge in [-0.2, -0.15) is 0 Å². The Hall–Kier alpha value is -2.77. The molecule has 0 bridgehead atoms. The first-order valence-electron chi connectivity index (χ1n) is 8.01. The molecular weight excluding hydrogens is 428 g/mol. The van der Waals surface area contributed by atoms with Crippen LogP contribution in [0.3, 0.4) is 0 Å². The number of sulfone groups is 1. The summed E-state index contributed by atoms with van der Waals surface area (Å²) in [7, 11) is -3.88. The summed E-state index contributed by atoms with van der Waals surface area (Å²) in [6, 6.07) is 18.1. The summed E-state index contributed by atoms with van der Waals surface area (Å²) in [5.41, 5.74) is 6.79. The van der Waals surface area contributed by atoms with Crippen LogP contribution in [-0.2, 0) is 9.84 Å². The monoisotopic (exact) mass is 440 g/mol. The first kappa shape index (κ1) is 17.6. The van der Waals surface area contributed by atoms with Crippen LogP contribution < -0.4 is 5.73 Å². The normalized spacial score (nSPS) is 11.7. The SMILES string of the molecule is NC(=O)c1c2ccccc2nc2cccc(S(=O)(=O)c3ccc(Br)cc3)c12. The number of aromatic nitrogens is 1. The molecule has 4 aromatic rings. The largest absolute Gasteiger partial charge is 0.366 e. The van der Waals surface area contributed by atoms with E-state index in [0.717, 1.165) is 4.47 Å². The fourth-order valence-corrected chi connectivity index (χ4v) is 4.88. The lowest BCUT2D eigenvalue weighted by Gasteiger charge is -2.13. The number of primary amides is 1. The van der Waals surface area contributed by atoms with Crippen molar-refractivity contribution in [1.82, 2.24) is 4.98 Å². The van der Waals surface area contributed by atoms with Gasteiger partial charge in [0.15, 0.2) is 0 Å². The number of amides is 1. The van der Waals surface area contributed by atoms with Gasteiger partial charge in [0.2, 0.25) is 15.7 Å². The van der Waals surface area contributed by atoms with E-state index >= 15 is 0 Å². The molecule has 0 fully saturated rings.